The predicted octanol–water partition coefficient (Wildman–Crippen LogP) is 1.58. The third-order valence-corrected chi connectivity index (χ3v) is 2.88. The molecule has 104 valence electrons. The van der Waals surface area contributed by atoms with E-state index in [1.807, 2.05) is 0 Å². The molecular formula is C14H14N2O4. The van der Waals surface area contributed by atoms with Crippen molar-refractivity contribution < 1.29 is 19.4 Å². The molecule has 1 amide bonds. The molecule has 0 aliphatic rings. The summed E-state index contributed by atoms with van der Waals surface area (Å²) in [5.41, 5.74) is 4.53. The Hall–Kier alpha value is -2.63. The van der Waals surface area contributed by atoms with Crippen LogP contribution >= 0.6 is 0 Å². The first-order chi connectivity index (χ1) is 9.31. The van der Waals surface area contributed by atoms with E-state index in [-0.39, 0.29) is 11.3 Å². The smallest absolute Gasteiger partial charge is 0.335 e. The monoisotopic (exact) mass is 274 g/mol. The van der Waals surface area contributed by atoms with Crippen molar-refractivity contribution >= 4 is 22.8 Å². The minimum absolute atomic E-state index is 0.0563. The van der Waals surface area contributed by atoms with Gasteiger partial charge in [0.25, 0.3) is 5.91 Å². The third kappa shape index (κ3) is 2.54. The number of carboxylic acid groups (broad SMARTS) is 1. The van der Waals surface area contributed by atoms with E-state index in [0.29, 0.717) is 10.9 Å². The van der Waals surface area contributed by atoms with Gasteiger partial charge in [0.05, 0.1) is 5.56 Å². The molecule has 20 heavy (non-hydrogen) atoms. The highest BCUT2D eigenvalue weighted by Gasteiger charge is 2.28. The highest BCUT2D eigenvalue weighted by molar-refractivity contribution is 5.96. The first-order valence-corrected chi connectivity index (χ1v) is 5.92. The van der Waals surface area contributed by atoms with E-state index in [4.69, 9.17) is 15.6 Å². The molecule has 3 N–H and O–H groups in total. The van der Waals surface area contributed by atoms with Gasteiger partial charge < -0.3 is 15.6 Å². The number of nitrogens with two attached hydrogens (primary N) is 1. The fourth-order valence-electron chi connectivity index (χ4n) is 1.69. The first-order valence-electron chi connectivity index (χ1n) is 5.92. The number of ether oxygens (including phenoxy) is 1. The van der Waals surface area contributed by atoms with Gasteiger partial charge in [0.1, 0.15) is 11.3 Å². The molecule has 0 aliphatic carbocycles. The van der Waals surface area contributed by atoms with Gasteiger partial charge in [-0.2, -0.15) is 0 Å². The number of fused-ring (bicyclic) bond motifs is 1. The van der Waals surface area contributed by atoms with E-state index in [9.17, 15) is 9.59 Å². The summed E-state index contributed by atoms with van der Waals surface area (Å²) in [6.07, 6.45) is 1.56. The first kappa shape index (κ1) is 13.8. The van der Waals surface area contributed by atoms with E-state index in [1.165, 1.54) is 26.0 Å². The molecule has 1 aromatic heterocycles. The second kappa shape index (κ2) is 4.80. The third-order valence-electron chi connectivity index (χ3n) is 2.88. The highest BCUT2D eigenvalue weighted by Crippen LogP contribution is 2.28. The lowest BCUT2D eigenvalue weighted by molar-refractivity contribution is -0.130. The molecule has 0 radical (unpaired) electrons. The van der Waals surface area contributed by atoms with Crippen molar-refractivity contribution in [2.45, 2.75) is 19.4 Å². The molecule has 1 heterocycles. The van der Waals surface area contributed by atoms with E-state index in [2.05, 4.69) is 4.98 Å². The Balaban J connectivity index is 2.61. The summed E-state index contributed by atoms with van der Waals surface area (Å²) in [6.45, 7) is 3.02. The maximum Gasteiger partial charge on any atom is 0.335 e. The van der Waals surface area contributed by atoms with Crippen molar-refractivity contribution in [3.8, 4) is 5.75 Å². The Labute approximate surface area is 115 Å². The molecule has 1 aromatic carbocycles. The molecule has 0 unspecified atom stereocenters. The molecule has 0 saturated carbocycles. The van der Waals surface area contributed by atoms with E-state index < -0.39 is 17.5 Å². The number of aromatic nitrogens is 1. The maximum absolute atomic E-state index is 11.3. The summed E-state index contributed by atoms with van der Waals surface area (Å²) in [5.74, 6) is -1.52. The van der Waals surface area contributed by atoms with Crippen LogP contribution < -0.4 is 10.5 Å². The Kier molecular flexibility index (Phi) is 3.31. The SMILES string of the molecule is CC(C)(Oc1cc(C(=O)O)cc2cccnc12)C(N)=O. The number of primary amides is 1. The van der Waals surface area contributed by atoms with Gasteiger partial charge in [-0.15, -0.1) is 0 Å². The zero-order chi connectivity index (χ0) is 14.9. The predicted molar refractivity (Wildman–Crippen MR) is 72.6 cm³/mol. The largest absolute Gasteiger partial charge is 0.478 e. The molecular weight excluding hydrogens is 260 g/mol. The quantitative estimate of drug-likeness (QED) is 0.881. The average molecular weight is 274 g/mol. The number of hydrogen-bond donors (Lipinski definition) is 2. The summed E-state index contributed by atoms with van der Waals surface area (Å²) in [7, 11) is 0. The van der Waals surface area contributed by atoms with Crippen molar-refractivity contribution in [3.05, 3.63) is 36.0 Å². The van der Waals surface area contributed by atoms with Gasteiger partial charge in [0.15, 0.2) is 5.60 Å². The van der Waals surface area contributed by atoms with E-state index in [1.54, 1.807) is 18.3 Å². The molecule has 0 bridgehead atoms. The number of amides is 1. The van der Waals surface area contributed by atoms with Crippen molar-refractivity contribution in [1.29, 1.82) is 0 Å². The Morgan fingerprint density at radius 3 is 2.65 bits per heavy atom. The van der Waals surface area contributed by atoms with Crippen LogP contribution in [0.1, 0.15) is 24.2 Å². The van der Waals surface area contributed by atoms with Gasteiger partial charge in [-0.3, -0.25) is 9.78 Å². The summed E-state index contributed by atoms with van der Waals surface area (Å²) in [6, 6.07) is 6.24. The number of carbonyl (C=O) groups excluding carboxylic acids is 1. The number of aromatic carboxylic acids is 1. The molecule has 2 aromatic rings. The van der Waals surface area contributed by atoms with Gasteiger partial charge in [0, 0.05) is 11.6 Å². The molecule has 2 rings (SSSR count). The highest BCUT2D eigenvalue weighted by atomic mass is 16.5. The average Bonchev–Trinajstić information content (AvgIpc) is 2.37. The second-order valence-corrected chi connectivity index (χ2v) is 4.83. The van der Waals surface area contributed by atoms with Crippen LogP contribution in [0, 0.1) is 0 Å². The Morgan fingerprint density at radius 1 is 1.35 bits per heavy atom. The van der Waals surface area contributed by atoms with Gasteiger partial charge in [-0.25, -0.2) is 4.79 Å². The van der Waals surface area contributed by atoms with E-state index >= 15 is 0 Å². The van der Waals surface area contributed by atoms with Gasteiger partial charge in [-0.1, -0.05) is 6.07 Å². The fraction of sp³-hybridized carbons (Fsp3) is 0.214. The lowest BCUT2D eigenvalue weighted by atomic mass is 10.1. The molecule has 0 spiro atoms. The minimum atomic E-state index is -1.26. The fourth-order valence-corrected chi connectivity index (χ4v) is 1.69. The number of pyridine rings is 1. The number of rotatable bonds is 4. The lowest BCUT2D eigenvalue weighted by Gasteiger charge is -2.23. The molecule has 0 saturated heterocycles. The van der Waals surface area contributed by atoms with Crippen molar-refractivity contribution in [3.63, 3.8) is 0 Å². The summed E-state index contributed by atoms with van der Waals surface area (Å²) in [4.78, 5) is 26.6. The summed E-state index contributed by atoms with van der Waals surface area (Å²) in [5, 5.41) is 9.72. The van der Waals surface area contributed by atoms with Crippen molar-refractivity contribution in [2.75, 3.05) is 0 Å². The maximum atomic E-state index is 11.3. The van der Waals surface area contributed by atoms with Crippen LogP contribution in [0.15, 0.2) is 30.5 Å². The number of hydrogen-bond acceptors (Lipinski definition) is 4. The van der Waals surface area contributed by atoms with Crippen LogP contribution in [0.5, 0.6) is 5.75 Å². The van der Waals surface area contributed by atoms with Crippen LogP contribution in [-0.2, 0) is 4.79 Å². The van der Waals surface area contributed by atoms with Gasteiger partial charge in [0.2, 0.25) is 0 Å². The Morgan fingerprint density at radius 2 is 2.05 bits per heavy atom. The minimum Gasteiger partial charge on any atom is -0.478 e. The molecule has 0 atom stereocenters. The number of nitrogens with zero attached hydrogens (tertiary/aromatic N) is 1. The van der Waals surface area contributed by atoms with Crippen molar-refractivity contribution in [2.24, 2.45) is 5.73 Å². The van der Waals surface area contributed by atoms with Crippen LogP contribution in [0.2, 0.25) is 0 Å². The second-order valence-electron chi connectivity index (χ2n) is 4.83. The molecule has 6 heteroatoms. The lowest BCUT2D eigenvalue weighted by Crippen LogP contribution is -2.43. The summed E-state index contributed by atoms with van der Waals surface area (Å²) >= 11 is 0. The van der Waals surface area contributed by atoms with Crippen LogP contribution in [0.3, 0.4) is 0 Å². The van der Waals surface area contributed by atoms with Crippen LogP contribution in [0.25, 0.3) is 10.9 Å². The number of benzene rings is 1. The molecule has 6 nitrogen and oxygen atoms in total. The van der Waals surface area contributed by atoms with Gasteiger partial charge in [-0.05, 0) is 32.0 Å². The Bertz CT molecular complexity index is 695. The van der Waals surface area contributed by atoms with E-state index in [0.717, 1.165) is 0 Å². The molecule has 0 aliphatic heterocycles. The van der Waals surface area contributed by atoms with Crippen LogP contribution in [0.4, 0.5) is 0 Å². The standard InChI is InChI=1S/C14H14N2O4/c1-14(2,13(15)19)20-10-7-9(12(17)18)6-8-4-3-5-16-11(8)10/h3-7H,1-2H3,(H2,15,19)(H,17,18). The van der Waals surface area contributed by atoms with Crippen molar-refractivity contribution in [1.82, 2.24) is 4.98 Å². The normalized spacial score (nSPS) is 11.3. The van der Waals surface area contributed by atoms with Gasteiger partial charge >= 0.3 is 5.97 Å². The van der Waals surface area contributed by atoms with Crippen LogP contribution in [-0.4, -0.2) is 27.6 Å². The zero-order valence-electron chi connectivity index (χ0n) is 11.1. The topological polar surface area (TPSA) is 103 Å². The zero-order valence-corrected chi connectivity index (χ0v) is 11.1. The number of carbonyl (C=O) groups is 2. The molecule has 0 fully saturated rings. The summed E-state index contributed by atoms with van der Waals surface area (Å²) < 4.78 is 5.57. The number of carboxylic acids is 1.